The van der Waals surface area contributed by atoms with Crippen LogP contribution in [0.1, 0.15) is 19.8 Å². The molecule has 2 atom stereocenters. The minimum atomic E-state index is -1.69. The third-order valence-electron chi connectivity index (χ3n) is 4.09. The van der Waals surface area contributed by atoms with Gasteiger partial charge in [0, 0.05) is 21.5 Å². The summed E-state index contributed by atoms with van der Waals surface area (Å²) in [7, 11) is 0. The molecule has 0 aromatic carbocycles. The van der Waals surface area contributed by atoms with Gasteiger partial charge in [0.15, 0.2) is 0 Å². The number of likely N-dealkylation sites (N-methyl/N-ethyl adjacent to an activating group) is 1. The number of likely N-dealkylation sites (tertiary alicyclic amines) is 1. The van der Waals surface area contributed by atoms with Crippen LogP contribution >= 0.6 is 0 Å². The maximum atomic E-state index is 11.4. The maximum Gasteiger partial charge on any atom is 0.331 e. The van der Waals surface area contributed by atoms with Crippen LogP contribution in [0, 0.1) is 20.2 Å². The summed E-state index contributed by atoms with van der Waals surface area (Å²) in [6.45, 7) is 2.26. The van der Waals surface area contributed by atoms with Gasteiger partial charge in [-0.15, -0.1) is 0 Å². The number of carboxylic acids is 1. The lowest BCUT2D eigenvalue weighted by atomic mass is 9.69. The molecular formula is C11H15N3O6. The number of fused-ring (bicyclic) bond motifs is 2. The molecule has 1 fully saturated rings. The lowest BCUT2D eigenvalue weighted by Gasteiger charge is -2.44. The third kappa shape index (κ3) is 2.03. The van der Waals surface area contributed by atoms with Crippen molar-refractivity contribution >= 4 is 5.97 Å². The Balaban J connectivity index is 2.57. The Morgan fingerprint density at radius 2 is 2.05 bits per heavy atom. The average Bonchev–Trinajstić information content (AvgIpc) is 2.36. The van der Waals surface area contributed by atoms with E-state index in [4.69, 9.17) is 5.11 Å². The third-order valence-corrected chi connectivity index (χ3v) is 4.09. The first-order valence-electron chi connectivity index (χ1n) is 6.21. The first-order chi connectivity index (χ1) is 9.24. The highest BCUT2D eigenvalue weighted by Gasteiger charge is 2.64. The highest BCUT2D eigenvalue weighted by molar-refractivity contribution is 5.87. The Morgan fingerprint density at radius 3 is 2.50 bits per heavy atom. The molecule has 20 heavy (non-hydrogen) atoms. The molecule has 2 unspecified atom stereocenters. The van der Waals surface area contributed by atoms with E-state index in [-0.39, 0.29) is 31.5 Å². The van der Waals surface area contributed by atoms with Gasteiger partial charge in [0.25, 0.3) is 5.54 Å². The number of rotatable bonds is 4. The number of hydrogen-bond donors (Lipinski definition) is 1. The summed E-state index contributed by atoms with van der Waals surface area (Å²) in [5.74, 6) is -1.33. The number of piperidine rings is 1. The fraction of sp³-hybridized carbons (Fsp3) is 0.727. The van der Waals surface area contributed by atoms with Gasteiger partial charge in [-0.05, 0) is 6.54 Å². The predicted octanol–water partition coefficient (Wildman–Crippen LogP) is 0.158. The van der Waals surface area contributed by atoms with Crippen molar-refractivity contribution in [3.8, 4) is 0 Å². The van der Waals surface area contributed by atoms with E-state index in [1.54, 1.807) is 11.8 Å². The van der Waals surface area contributed by atoms with E-state index in [0.29, 0.717) is 6.54 Å². The lowest BCUT2D eigenvalue weighted by Crippen LogP contribution is -2.66. The van der Waals surface area contributed by atoms with Crippen LogP contribution in [0.5, 0.6) is 0 Å². The minimum absolute atomic E-state index is 0.00285. The van der Waals surface area contributed by atoms with E-state index >= 15 is 0 Å². The molecule has 110 valence electrons. The smallest absolute Gasteiger partial charge is 0.331 e. The number of carbonyl (C=O) groups is 1. The molecule has 0 aromatic rings. The van der Waals surface area contributed by atoms with Gasteiger partial charge in [-0.25, -0.2) is 4.79 Å². The van der Waals surface area contributed by atoms with E-state index in [0.717, 1.165) is 6.08 Å². The number of nitrogens with zero attached hydrogens (tertiary/aromatic N) is 3. The molecular weight excluding hydrogens is 270 g/mol. The van der Waals surface area contributed by atoms with E-state index < -0.39 is 26.9 Å². The summed E-state index contributed by atoms with van der Waals surface area (Å²) in [4.78, 5) is 34.5. The van der Waals surface area contributed by atoms with Crippen molar-refractivity contribution in [2.75, 3.05) is 19.6 Å². The lowest BCUT2D eigenvalue weighted by molar-refractivity contribution is -0.619. The summed E-state index contributed by atoms with van der Waals surface area (Å²) < 4.78 is 0. The summed E-state index contributed by atoms with van der Waals surface area (Å²) in [5, 5.41) is 31.9. The average molecular weight is 285 g/mol. The summed E-state index contributed by atoms with van der Waals surface area (Å²) in [5.41, 5.74) is -3.52. The molecule has 1 aliphatic heterocycles. The summed E-state index contributed by atoms with van der Waals surface area (Å²) in [6, 6.07) is 0. The molecule has 1 aliphatic carbocycles. The van der Waals surface area contributed by atoms with Crippen LogP contribution in [0.3, 0.4) is 0 Å². The van der Waals surface area contributed by atoms with Crippen LogP contribution in [0.25, 0.3) is 0 Å². The zero-order valence-corrected chi connectivity index (χ0v) is 10.9. The number of aliphatic carboxylic acids is 1. The van der Waals surface area contributed by atoms with Crippen molar-refractivity contribution in [2.45, 2.75) is 30.8 Å². The van der Waals surface area contributed by atoms with Crippen LogP contribution < -0.4 is 0 Å². The normalized spacial score (nSPS) is 33.4. The van der Waals surface area contributed by atoms with Gasteiger partial charge in [0.2, 0.25) is 5.54 Å². The zero-order chi connectivity index (χ0) is 15.1. The van der Waals surface area contributed by atoms with E-state index in [1.807, 2.05) is 0 Å². The molecule has 0 amide bonds. The first-order valence-corrected chi connectivity index (χ1v) is 6.21. The van der Waals surface area contributed by atoms with Gasteiger partial charge in [-0.1, -0.05) is 6.92 Å². The summed E-state index contributed by atoms with van der Waals surface area (Å²) >= 11 is 0. The van der Waals surface area contributed by atoms with Crippen LogP contribution in [0.4, 0.5) is 0 Å². The van der Waals surface area contributed by atoms with Crippen molar-refractivity contribution in [2.24, 2.45) is 0 Å². The van der Waals surface area contributed by atoms with E-state index in [9.17, 15) is 25.0 Å². The number of hydrogen-bond acceptors (Lipinski definition) is 6. The van der Waals surface area contributed by atoms with Crippen molar-refractivity contribution in [3.05, 3.63) is 31.9 Å². The Labute approximate surface area is 114 Å². The predicted molar refractivity (Wildman–Crippen MR) is 66.5 cm³/mol. The Morgan fingerprint density at radius 1 is 1.40 bits per heavy atom. The second-order valence-corrected chi connectivity index (χ2v) is 5.47. The van der Waals surface area contributed by atoms with Crippen LogP contribution in [-0.4, -0.2) is 56.5 Å². The fourth-order valence-corrected chi connectivity index (χ4v) is 3.21. The van der Waals surface area contributed by atoms with Gasteiger partial charge < -0.3 is 5.11 Å². The molecule has 2 rings (SSSR count). The van der Waals surface area contributed by atoms with Gasteiger partial charge in [0.05, 0.1) is 25.9 Å². The second kappa shape index (κ2) is 4.51. The highest BCUT2D eigenvalue weighted by atomic mass is 16.6. The van der Waals surface area contributed by atoms with Gasteiger partial charge in [-0.3, -0.25) is 25.1 Å². The Kier molecular flexibility index (Phi) is 3.24. The Hall–Kier alpha value is -2.03. The van der Waals surface area contributed by atoms with Crippen molar-refractivity contribution in [1.82, 2.24) is 4.90 Å². The largest absolute Gasteiger partial charge is 0.478 e. The number of carboxylic acid groups (broad SMARTS) is 1. The first kappa shape index (κ1) is 14.4. The molecule has 1 saturated heterocycles. The van der Waals surface area contributed by atoms with E-state index in [1.165, 1.54) is 0 Å². The van der Waals surface area contributed by atoms with Crippen molar-refractivity contribution in [1.29, 1.82) is 0 Å². The topological polar surface area (TPSA) is 127 Å². The monoisotopic (exact) mass is 285 g/mol. The second-order valence-electron chi connectivity index (χ2n) is 5.47. The standard InChI is InChI=1S/C11H15N3O6/c1-2-12-6-10(13(17)18)3-8(9(15)16)4-11(5-10,7-12)14(19)20/h3H,2,4-7H2,1H3,(H,15,16). The number of nitro groups is 2. The molecule has 0 aromatic heterocycles. The Bertz CT molecular complexity index is 518. The van der Waals surface area contributed by atoms with Gasteiger partial charge in [-0.2, -0.15) is 0 Å². The molecule has 2 aliphatic rings. The van der Waals surface area contributed by atoms with Crippen LogP contribution in [0.15, 0.2) is 11.6 Å². The van der Waals surface area contributed by atoms with Crippen molar-refractivity contribution in [3.63, 3.8) is 0 Å². The van der Waals surface area contributed by atoms with Gasteiger partial charge >= 0.3 is 5.97 Å². The van der Waals surface area contributed by atoms with Crippen LogP contribution in [0.2, 0.25) is 0 Å². The fourth-order valence-electron chi connectivity index (χ4n) is 3.21. The quantitative estimate of drug-likeness (QED) is 0.575. The van der Waals surface area contributed by atoms with Gasteiger partial charge in [0.1, 0.15) is 0 Å². The molecule has 1 N–H and O–H groups in total. The summed E-state index contributed by atoms with van der Waals surface area (Å²) in [6.07, 6.45) is 0.563. The molecule has 1 heterocycles. The van der Waals surface area contributed by atoms with Crippen LogP contribution in [-0.2, 0) is 4.79 Å². The maximum absolute atomic E-state index is 11.4. The molecule has 0 spiro atoms. The zero-order valence-electron chi connectivity index (χ0n) is 10.9. The van der Waals surface area contributed by atoms with E-state index in [2.05, 4.69) is 0 Å². The molecule has 0 radical (unpaired) electrons. The minimum Gasteiger partial charge on any atom is -0.478 e. The SMILES string of the molecule is CCN1CC2([N+](=O)[O-])C=C(C(=O)O)CC([N+](=O)[O-])(C1)C2. The van der Waals surface area contributed by atoms with Crippen molar-refractivity contribution < 1.29 is 19.7 Å². The molecule has 9 heteroatoms. The molecule has 0 saturated carbocycles. The molecule has 9 nitrogen and oxygen atoms in total. The highest BCUT2D eigenvalue weighted by Crippen LogP contribution is 2.43. The molecule has 2 bridgehead atoms.